The first-order valence-corrected chi connectivity index (χ1v) is 9.91. The maximum atomic E-state index is 13.0. The van der Waals surface area contributed by atoms with E-state index in [2.05, 4.69) is 14.8 Å². The van der Waals surface area contributed by atoms with Gasteiger partial charge < -0.3 is 14.6 Å². The zero-order valence-electron chi connectivity index (χ0n) is 16.5. The van der Waals surface area contributed by atoms with E-state index in [1.807, 2.05) is 31.2 Å². The normalized spacial score (nSPS) is 14.9. The number of nitrogens with zero attached hydrogens (tertiary/aromatic N) is 2. The number of esters is 1. The monoisotopic (exact) mass is 403 g/mol. The van der Waals surface area contributed by atoms with E-state index in [1.54, 1.807) is 13.8 Å². The standard InChI is InChI=1S/C21H26ClN3O3/c1-4-28-21(27)20-15(3)23-14(2)19(20)18(26)13-24-9-11-25(12-10-24)17-8-6-5-7-16(17)22/h5-8,23H,4,9-13H2,1-3H3. The molecule has 0 bridgehead atoms. The van der Waals surface area contributed by atoms with Gasteiger partial charge in [0.25, 0.3) is 0 Å². The summed E-state index contributed by atoms with van der Waals surface area (Å²) in [5.41, 5.74) is 3.21. The summed E-state index contributed by atoms with van der Waals surface area (Å²) in [6.07, 6.45) is 0. The second kappa shape index (κ2) is 8.80. The van der Waals surface area contributed by atoms with Crippen molar-refractivity contribution in [3.8, 4) is 0 Å². The fourth-order valence-corrected chi connectivity index (χ4v) is 3.98. The number of ether oxygens (including phenoxy) is 1. The number of para-hydroxylation sites is 1. The minimum Gasteiger partial charge on any atom is -0.462 e. The van der Waals surface area contributed by atoms with Crippen molar-refractivity contribution < 1.29 is 14.3 Å². The van der Waals surface area contributed by atoms with E-state index in [-0.39, 0.29) is 18.9 Å². The topological polar surface area (TPSA) is 65.6 Å². The number of benzene rings is 1. The lowest BCUT2D eigenvalue weighted by Gasteiger charge is -2.36. The maximum absolute atomic E-state index is 13.0. The van der Waals surface area contributed by atoms with Gasteiger partial charge in [-0.25, -0.2) is 4.79 Å². The third kappa shape index (κ3) is 4.23. The van der Waals surface area contributed by atoms with Gasteiger partial charge in [-0.1, -0.05) is 23.7 Å². The predicted molar refractivity (Wildman–Crippen MR) is 111 cm³/mol. The summed E-state index contributed by atoms with van der Waals surface area (Å²) in [7, 11) is 0. The van der Waals surface area contributed by atoms with Gasteiger partial charge in [0.2, 0.25) is 0 Å². The van der Waals surface area contributed by atoms with Gasteiger partial charge in [0.05, 0.1) is 35.0 Å². The van der Waals surface area contributed by atoms with Crippen LogP contribution in [-0.4, -0.2) is 61.0 Å². The zero-order chi connectivity index (χ0) is 20.3. The van der Waals surface area contributed by atoms with Gasteiger partial charge in [0, 0.05) is 37.6 Å². The summed E-state index contributed by atoms with van der Waals surface area (Å²) in [5.74, 6) is -0.507. The van der Waals surface area contributed by atoms with Crippen molar-refractivity contribution in [1.29, 1.82) is 0 Å². The van der Waals surface area contributed by atoms with Crippen molar-refractivity contribution >= 4 is 29.0 Å². The molecule has 1 aliphatic heterocycles. The molecule has 1 aromatic carbocycles. The highest BCUT2D eigenvalue weighted by Crippen LogP contribution is 2.26. The highest BCUT2D eigenvalue weighted by Gasteiger charge is 2.27. The summed E-state index contributed by atoms with van der Waals surface area (Å²) < 4.78 is 5.13. The molecule has 0 unspecified atom stereocenters. The molecule has 1 aromatic heterocycles. The lowest BCUT2D eigenvalue weighted by Crippen LogP contribution is -2.48. The summed E-state index contributed by atoms with van der Waals surface area (Å²) in [4.78, 5) is 32.7. The Hall–Kier alpha value is -2.31. The Bertz CT molecular complexity index is 870. The van der Waals surface area contributed by atoms with Gasteiger partial charge >= 0.3 is 5.97 Å². The second-order valence-electron chi connectivity index (χ2n) is 6.98. The summed E-state index contributed by atoms with van der Waals surface area (Å²) >= 11 is 6.29. The minimum absolute atomic E-state index is 0.0592. The summed E-state index contributed by atoms with van der Waals surface area (Å²) in [6, 6.07) is 7.80. The number of halogens is 1. The van der Waals surface area contributed by atoms with Crippen LogP contribution in [-0.2, 0) is 4.74 Å². The molecule has 0 saturated carbocycles. The van der Waals surface area contributed by atoms with Crippen molar-refractivity contribution in [3.05, 3.63) is 51.8 Å². The number of carbonyl (C=O) groups is 2. The molecule has 0 amide bonds. The van der Waals surface area contributed by atoms with Crippen LogP contribution in [0.2, 0.25) is 5.02 Å². The first-order chi connectivity index (χ1) is 13.4. The fourth-order valence-electron chi connectivity index (χ4n) is 3.73. The molecule has 1 aliphatic rings. The van der Waals surface area contributed by atoms with Crippen molar-refractivity contribution in [2.45, 2.75) is 20.8 Å². The van der Waals surface area contributed by atoms with Gasteiger partial charge in [-0.2, -0.15) is 0 Å². The number of nitrogens with one attached hydrogen (secondary N) is 1. The number of aromatic nitrogens is 1. The van der Waals surface area contributed by atoms with Crippen LogP contribution in [0.5, 0.6) is 0 Å². The molecule has 150 valence electrons. The van der Waals surface area contributed by atoms with Crippen LogP contribution in [0.25, 0.3) is 0 Å². The summed E-state index contributed by atoms with van der Waals surface area (Å²) in [5, 5.41) is 0.740. The number of H-pyrrole nitrogens is 1. The highest BCUT2D eigenvalue weighted by molar-refractivity contribution is 6.33. The molecular formula is C21H26ClN3O3. The first-order valence-electron chi connectivity index (χ1n) is 9.53. The number of ketones is 1. The van der Waals surface area contributed by atoms with Crippen molar-refractivity contribution in [1.82, 2.24) is 9.88 Å². The lowest BCUT2D eigenvalue weighted by atomic mass is 10.0. The number of hydrogen-bond acceptors (Lipinski definition) is 5. The molecule has 0 aliphatic carbocycles. The van der Waals surface area contributed by atoms with Crippen LogP contribution < -0.4 is 4.90 Å². The average molecular weight is 404 g/mol. The zero-order valence-corrected chi connectivity index (χ0v) is 17.3. The summed E-state index contributed by atoms with van der Waals surface area (Å²) in [6.45, 7) is 9.03. The number of Topliss-reactive ketones (excluding diaryl/α,β-unsaturated/α-hetero) is 1. The highest BCUT2D eigenvalue weighted by atomic mass is 35.5. The van der Waals surface area contributed by atoms with Crippen molar-refractivity contribution in [2.24, 2.45) is 0 Å². The first kappa shape index (κ1) is 20.4. The Balaban J connectivity index is 1.67. The van der Waals surface area contributed by atoms with Gasteiger partial charge in [0.15, 0.2) is 5.78 Å². The molecule has 2 heterocycles. The molecule has 7 heteroatoms. The van der Waals surface area contributed by atoms with Crippen LogP contribution >= 0.6 is 11.6 Å². The molecule has 6 nitrogen and oxygen atoms in total. The minimum atomic E-state index is -0.448. The van der Waals surface area contributed by atoms with Crippen molar-refractivity contribution in [2.75, 3.05) is 44.2 Å². The third-order valence-electron chi connectivity index (χ3n) is 5.07. The van der Waals surface area contributed by atoms with E-state index < -0.39 is 5.97 Å². The van der Waals surface area contributed by atoms with E-state index in [4.69, 9.17) is 16.3 Å². The van der Waals surface area contributed by atoms with Gasteiger partial charge in [0.1, 0.15) is 0 Å². The number of rotatable bonds is 6. The number of hydrogen-bond donors (Lipinski definition) is 1. The lowest BCUT2D eigenvalue weighted by molar-refractivity contribution is 0.0522. The van der Waals surface area contributed by atoms with E-state index in [9.17, 15) is 9.59 Å². The average Bonchev–Trinajstić information content (AvgIpc) is 2.97. The molecular weight excluding hydrogens is 378 g/mol. The van der Waals surface area contributed by atoms with Crippen LogP contribution in [0.1, 0.15) is 39.0 Å². The van der Waals surface area contributed by atoms with Crippen LogP contribution in [0, 0.1) is 13.8 Å². The Kier molecular flexibility index (Phi) is 6.42. The number of aromatic amines is 1. The van der Waals surface area contributed by atoms with Crippen LogP contribution in [0.3, 0.4) is 0 Å². The van der Waals surface area contributed by atoms with Gasteiger partial charge in [-0.15, -0.1) is 0 Å². The second-order valence-corrected chi connectivity index (χ2v) is 7.39. The van der Waals surface area contributed by atoms with Gasteiger partial charge in [-0.3, -0.25) is 9.69 Å². The smallest absolute Gasteiger partial charge is 0.340 e. The fraction of sp³-hybridized carbons (Fsp3) is 0.429. The third-order valence-corrected chi connectivity index (χ3v) is 5.39. The largest absolute Gasteiger partial charge is 0.462 e. The number of piperazine rings is 1. The number of anilines is 1. The Labute approximate surface area is 170 Å². The predicted octanol–water partition coefficient (Wildman–Crippen LogP) is 3.47. The molecule has 2 aromatic rings. The van der Waals surface area contributed by atoms with Gasteiger partial charge in [-0.05, 0) is 32.9 Å². The molecule has 0 radical (unpaired) electrons. The van der Waals surface area contributed by atoms with Crippen LogP contribution in [0.15, 0.2) is 24.3 Å². The number of carbonyl (C=O) groups excluding carboxylic acids is 2. The Morgan fingerprint density at radius 3 is 2.36 bits per heavy atom. The maximum Gasteiger partial charge on any atom is 0.340 e. The Morgan fingerprint density at radius 2 is 1.71 bits per heavy atom. The molecule has 28 heavy (non-hydrogen) atoms. The van der Waals surface area contributed by atoms with E-state index in [0.29, 0.717) is 22.5 Å². The quantitative estimate of drug-likeness (QED) is 0.591. The molecule has 1 fully saturated rings. The molecule has 0 spiro atoms. The molecule has 0 atom stereocenters. The van der Waals surface area contributed by atoms with E-state index in [1.165, 1.54) is 0 Å². The molecule has 1 saturated heterocycles. The van der Waals surface area contributed by atoms with Crippen molar-refractivity contribution in [3.63, 3.8) is 0 Å². The molecule has 1 N–H and O–H groups in total. The van der Waals surface area contributed by atoms with E-state index in [0.717, 1.165) is 36.9 Å². The Morgan fingerprint density at radius 1 is 1.07 bits per heavy atom. The number of aryl methyl sites for hydroxylation is 2. The van der Waals surface area contributed by atoms with Crippen LogP contribution in [0.4, 0.5) is 5.69 Å². The molecule has 3 rings (SSSR count). The van der Waals surface area contributed by atoms with E-state index >= 15 is 0 Å². The SMILES string of the molecule is CCOC(=O)c1c(C)[nH]c(C)c1C(=O)CN1CCN(c2ccccc2Cl)CC1.